The Morgan fingerprint density at radius 1 is 1.29 bits per heavy atom. The van der Waals surface area contributed by atoms with Gasteiger partial charge in [-0.3, -0.25) is 0 Å². The van der Waals surface area contributed by atoms with E-state index in [4.69, 9.17) is 27.9 Å². The minimum atomic E-state index is 0.723. The summed E-state index contributed by atoms with van der Waals surface area (Å²) in [6.45, 7) is 5.35. The first-order chi connectivity index (χ1) is 8.24. The van der Waals surface area contributed by atoms with Gasteiger partial charge in [0, 0.05) is 35.4 Å². The van der Waals surface area contributed by atoms with Gasteiger partial charge in [-0.15, -0.1) is 11.8 Å². The molecular weight excluding hydrogens is 277 g/mol. The number of thioether (sulfide) groups is 1. The van der Waals surface area contributed by atoms with Crippen molar-refractivity contribution >= 4 is 35.0 Å². The molecule has 0 aliphatic rings. The van der Waals surface area contributed by atoms with Crippen LogP contribution in [0.3, 0.4) is 0 Å². The molecular formula is C12H17Cl2NOS. The zero-order chi connectivity index (χ0) is 12.5. The summed E-state index contributed by atoms with van der Waals surface area (Å²) >= 11 is 13.7. The van der Waals surface area contributed by atoms with E-state index in [1.165, 1.54) is 0 Å². The average molecular weight is 294 g/mol. The molecule has 0 aromatic heterocycles. The first-order valence-electron chi connectivity index (χ1n) is 5.60. The Balaban J connectivity index is 2.15. The molecule has 1 aromatic carbocycles. The Kier molecular flexibility index (Phi) is 8.06. The molecule has 0 unspecified atom stereocenters. The van der Waals surface area contributed by atoms with Gasteiger partial charge in [0.15, 0.2) is 0 Å². The third-order valence-corrected chi connectivity index (χ3v) is 3.79. The fourth-order valence-corrected chi connectivity index (χ4v) is 2.64. The molecule has 2 nitrogen and oxygen atoms in total. The average Bonchev–Trinajstić information content (AvgIpc) is 2.32. The van der Waals surface area contributed by atoms with E-state index < -0.39 is 0 Å². The van der Waals surface area contributed by atoms with Gasteiger partial charge in [-0.05, 0) is 25.1 Å². The van der Waals surface area contributed by atoms with E-state index in [0.29, 0.717) is 0 Å². The summed E-state index contributed by atoms with van der Waals surface area (Å²) in [5.74, 6) is 0.964. The van der Waals surface area contributed by atoms with Crippen molar-refractivity contribution in [1.82, 2.24) is 5.32 Å². The van der Waals surface area contributed by atoms with Gasteiger partial charge < -0.3 is 10.1 Å². The topological polar surface area (TPSA) is 21.3 Å². The van der Waals surface area contributed by atoms with Crippen LogP contribution in [0.2, 0.25) is 10.0 Å². The molecule has 0 saturated carbocycles. The lowest BCUT2D eigenvalue weighted by atomic mass is 10.4. The molecule has 0 bridgehead atoms. The summed E-state index contributed by atoms with van der Waals surface area (Å²) in [5.41, 5.74) is 0. The van der Waals surface area contributed by atoms with Crippen molar-refractivity contribution < 1.29 is 4.74 Å². The summed E-state index contributed by atoms with van der Waals surface area (Å²) in [6, 6.07) is 5.53. The second-order valence-electron chi connectivity index (χ2n) is 3.37. The molecule has 1 N–H and O–H groups in total. The van der Waals surface area contributed by atoms with Crippen molar-refractivity contribution in [3.63, 3.8) is 0 Å². The number of nitrogens with one attached hydrogen (secondary N) is 1. The number of hydrogen-bond donors (Lipinski definition) is 1. The van der Waals surface area contributed by atoms with Crippen LogP contribution in [0, 0.1) is 0 Å². The van der Waals surface area contributed by atoms with Crippen LogP contribution >= 0.6 is 35.0 Å². The number of hydrogen-bond acceptors (Lipinski definition) is 3. The second kappa shape index (κ2) is 9.06. The molecule has 17 heavy (non-hydrogen) atoms. The zero-order valence-electron chi connectivity index (χ0n) is 9.84. The van der Waals surface area contributed by atoms with Crippen molar-refractivity contribution in [2.75, 3.05) is 32.1 Å². The van der Waals surface area contributed by atoms with Gasteiger partial charge in [-0.2, -0.15) is 0 Å². The minimum absolute atomic E-state index is 0.723. The lowest BCUT2D eigenvalue weighted by Crippen LogP contribution is -2.22. The number of benzene rings is 1. The first kappa shape index (κ1) is 15.1. The van der Waals surface area contributed by atoms with Gasteiger partial charge >= 0.3 is 0 Å². The smallest absolute Gasteiger partial charge is 0.0590 e. The Morgan fingerprint density at radius 3 is 2.88 bits per heavy atom. The first-order valence-corrected chi connectivity index (χ1v) is 7.34. The fraction of sp³-hybridized carbons (Fsp3) is 0.500. The molecule has 0 radical (unpaired) electrons. The number of ether oxygens (including phenoxy) is 1. The summed E-state index contributed by atoms with van der Waals surface area (Å²) in [5, 5.41) is 4.78. The van der Waals surface area contributed by atoms with Crippen LogP contribution in [-0.2, 0) is 4.74 Å². The fourth-order valence-electron chi connectivity index (χ4n) is 1.23. The van der Waals surface area contributed by atoms with Crippen LogP contribution in [0.5, 0.6) is 0 Å². The third-order valence-electron chi connectivity index (χ3n) is 2.06. The summed E-state index contributed by atoms with van der Waals surface area (Å²) in [7, 11) is 0. The van der Waals surface area contributed by atoms with Crippen LogP contribution in [-0.4, -0.2) is 32.1 Å². The van der Waals surface area contributed by atoms with Gasteiger partial charge in [-0.25, -0.2) is 0 Å². The highest BCUT2D eigenvalue weighted by Gasteiger charge is 2.01. The van der Waals surface area contributed by atoms with E-state index in [0.717, 1.165) is 47.0 Å². The third kappa shape index (κ3) is 6.53. The largest absolute Gasteiger partial charge is 0.380 e. The summed E-state index contributed by atoms with van der Waals surface area (Å²) in [6.07, 6.45) is 0. The predicted molar refractivity (Wildman–Crippen MR) is 76.5 cm³/mol. The van der Waals surface area contributed by atoms with Gasteiger partial charge in [0.05, 0.1) is 11.6 Å². The quantitative estimate of drug-likeness (QED) is 0.583. The molecule has 96 valence electrons. The molecule has 5 heteroatoms. The zero-order valence-corrected chi connectivity index (χ0v) is 12.2. The molecule has 0 spiro atoms. The van der Waals surface area contributed by atoms with E-state index in [-0.39, 0.29) is 0 Å². The van der Waals surface area contributed by atoms with Gasteiger partial charge in [0.1, 0.15) is 0 Å². The maximum absolute atomic E-state index is 6.06. The van der Waals surface area contributed by atoms with Crippen molar-refractivity contribution in [2.45, 2.75) is 11.8 Å². The highest BCUT2D eigenvalue weighted by molar-refractivity contribution is 7.99. The Hall–Kier alpha value is 0.0700. The maximum Gasteiger partial charge on any atom is 0.0590 e. The second-order valence-corrected chi connectivity index (χ2v) is 5.35. The minimum Gasteiger partial charge on any atom is -0.380 e. The molecule has 0 fully saturated rings. The van der Waals surface area contributed by atoms with Crippen LogP contribution in [0.4, 0.5) is 0 Å². The van der Waals surface area contributed by atoms with E-state index in [1.54, 1.807) is 17.8 Å². The Morgan fingerprint density at radius 2 is 2.12 bits per heavy atom. The Bertz CT molecular complexity index is 336. The van der Waals surface area contributed by atoms with Crippen molar-refractivity contribution in [2.24, 2.45) is 0 Å². The summed E-state index contributed by atoms with van der Waals surface area (Å²) < 4.78 is 5.23. The molecule has 0 amide bonds. The molecule has 1 aromatic rings. The van der Waals surface area contributed by atoms with Crippen molar-refractivity contribution in [3.05, 3.63) is 28.2 Å². The van der Waals surface area contributed by atoms with Gasteiger partial charge in [0.25, 0.3) is 0 Å². The van der Waals surface area contributed by atoms with E-state index in [2.05, 4.69) is 5.32 Å². The normalized spacial score (nSPS) is 10.8. The molecule has 0 heterocycles. The molecule has 0 saturated heterocycles. The molecule has 0 atom stereocenters. The maximum atomic E-state index is 6.06. The van der Waals surface area contributed by atoms with Crippen LogP contribution in [0.15, 0.2) is 23.1 Å². The number of rotatable bonds is 8. The van der Waals surface area contributed by atoms with Crippen LogP contribution in [0.1, 0.15) is 6.92 Å². The predicted octanol–water partition coefficient (Wildman–Crippen LogP) is 3.71. The molecule has 0 aliphatic carbocycles. The molecule has 0 aliphatic heterocycles. The monoisotopic (exact) mass is 293 g/mol. The van der Waals surface area contributed by atoms with Crippen molar-refractivity contribution in [1.29, 1.82) is 0 Å². The highest BCUT2D eigenvalue weighted by atomic mass is 35.5. The molecule has 1 rings (SSSR count). The van der Waals surface area contributed by atoms with Gasteiger partial charge in [0.2, 0.25) is 0 Å². The SMILES string of the molecule is CCOCCNCCSc1cc(Cl)ccc1Cl. The lowest BCUT2D eigenvalue weighted by Gasteiger charge is -2.06. The highest BCUT2D eigenvalue weighted by Crippen LogP contribution is 2.29. The Labute approximate surface area is 117 Å². The van der Waals surface area contributed by atoms with E-state index in [1.807, 2.05) is 19.1 Å². The van der Waals surface area contributed by atoms with E-state index >= 15 is 0 Å². The summed E-state index contributed by atoms with van der Waals surface area (Å²) in [4.78, 5) is 1.03. The van der Waals surface area contributed by atoms with Crippen LogP contribution < -0.4 is 5.32 Å². The standard InChI is InChI=1S/C12H17Cl2NOS/c1-2-16-7-5-15-6-8-17-12-9-10(13)3-4-11(12)14/h3-4,9,15H,2,5-8H2,1H3. The number of halogens is 2. The van der Waals surface area contributed by atoms with E-state index in [9.17, 15) is 0 Å². The lowest BCUT2D eigenvalue weighted by molar-refractivity contribution is 0.150. The van der Waals surface area contributed by atoms with Crippen molar-refractivity contribution in [3.8, 4) is 0 Å². The van der Waals surface area contributed by atoms with Crippen LogP contribution in [0.25, 0.3) is 0 Å². The van der Waals surface area contributed by atoms with Gasteiger partial charge in [-0.1, -0.05) is 23.2 Å².